The monoisotopic (exact) mass is 310 g/mol. The highest BCUT2D eigenvalue weighted by Gasteiger charge is 2.23. The van der Waals surface area contributed by atoms with Gasteiger partial charge >= 0.3 is 0 Å². The highest BCUT2D eigenvalue weighted by Crippen LogP contribution is 2.25. The maximum Gasteiger partial charge on any atom is 0.250 e. The second kappa shape index (κ2) is 7.26. The predicted octanol–water partition coefficient (Wildman–Crippen LogP) is 1.80. The number of para-hydroxylation sites is 1. The summed E-state index contributed by atoms with van der Waals surface area (Å²) in [7, 11) is 0. The van der Waals surface area contributed by atoms with Crippen LogP contribution in [0.1, 0.15) is 22.1 Å². The van der Waals surface area contributed by atoms with Gasteiger partial charge in [-0.2, -0.15) is 0 Å². The van der Waals surface area contributed by atoms with Crippen molar-refractivity contribution >= 4 is 11.6 Å². The Kier molecular flexibility index (Phi) is 4.90. The van der Waals surface area contributed by atoms with Crippen molar-refractivity contribution in [2.45, 2.75) is 6.17 Å². The molecule has 1 aliphatic heterocycles. The molecule has 2 aromatic carbocycles. The van der Waals surface area contributed by atoms with Crippen molar-refractivity contribution < 1.29 is 4.79 Å². The van der Waals surface area contributed by atoms with Gasteiger partial charge in [-0.05, 0) is 17.7 Å². The summed E-state index contributed by atoms with van der Waals surface area (Å²) in [5, 5.41) is 6.88. The standard InChI is InChI=1S/C18H22N4O/c19-17(23)15-8-4-5-9-16(15)21-18(14-6-2-1-3-7-14)22-12-10-20-11-13-22/h1-9,18,20-21H,10-13H2,(H2,19,23). The first-order valence-corrected chi connectivity index (χ1v) is 7.91. The van der Waals surface area contributed by atoms with Gasteiger partial charge in [0.15, 0.2) is 0 Å². The van der Waals surface area contributed by atoms with Crippen molar-refractivity contribution in [1.82, 2.24) is 10.2 Å². The summed E-state index contributed by atoms with van der Waals surface area (Å²) in [4.78, 5) is 14.1. The number of benzene rings is 2. The zero-order valence-corrected chi connectivity index (χ0v) is 13.0. The number of amides is 1. The molecule has 1 aliphatic rings. The summed E-state index contributed by atoms with van der Waals surface area (Å²) in [6, 6.07) is 17.7. The van der Waals surface area contributed by atoms with Gasteiger partial charge in [-0.3, -0.25) is 9.69 Å². The molecule has 0 radical (unpaired) electrons. The van der Waals surface area contributed by atoms with E-state index in [-0.39, 0.29) is 6.17 Å². The number of primary amides is 1. The SMILES string of the molecule is NC(=O)c1ccccc1NC(c1ccccc1)N1CCNCC1. The van der Waals surface area contributed by atoms with Gasteiger partial charge < -0.3 is 16.4 Å². The van der Waals surface area contributed by atoms with Gasteiger partial charge in [0.25, 0.3) is 5.91 Å². The summed E-state index contributed by atoms with van der Waals surface area (Å²) in [6.45, 7) is 3.82. The van der Waals surface area contributed by atoms with Crippen molar-refractivity contribution in [2.75, 3.05) is 31.5 Å². The number of hydrogen-bond donors (Lipinski definition) is 3. The second-order valence-corrected chi connectivity index (χ2v) is 5.65. The molecule has 0 saturated carbocycles. The number of nitrogens with one attached hydrogen (secondary N) is 2. The zero-order chi connectivity index (χ0) is 16.1. The molecule has 1 amide bonds. The molecule has 2 aromatic rings. The minimum absolute atomic E-state index is 0.0128. The molecule has 5 heteroatoms. The third-order valence-electron chi connectivity index (χ3n) is 4.12. The molecule has 3 rings (SSSR count). The minimum atomic E-state index is -0.416. The smallest absolute Gasteiger partial charge is 0.250 e. The Morgan fingerprint density at radius 1 is 1.04 bits per heavy atom. The Balaban J connectivity index is 1.91. The summed E-state index contributed by atoms with van der Waals surface area (Å²) < 4.78 is 0. The van der Waals surface area contributed by atoms with E-state index in [1.807, 2.05) is 36.4 Å². The summed E-state index contributed by atoms with van der Waals surface area (Å²) in [5.74, 6) is -0.416. The number of hydrogen-bond acceptors (Lipinski definition) is 4. The van der Waals surface area contributed by atoms with Crippen molar-refractivity contribution in [1.29, 1.82) is 0 Å². The van der Waals surface area contributed by atoms with Crippen LogP contribution in [0.4, 0.5) is 5.69 Å². The highest BCUT2D eigenvalue weighted by atomic mass is 16.1. The summed E-state index contributed by atoms with van der Waals surface area (Å²) in [5.41, 5.74) is 7.97. The topological polar surface area (TPSA) is 70.4 Å². The third-order valence-corrected chi connectivity index (χ3v) is 4.12. The first-order chi connectivity index (χ1) is 11.3. The molecule has 0 spiro atoms. The molecule has 120 valence electrons. The van der Waals surface area contributed by atoms with Crippen LogP contribution in [-0.2, 0) is 0 Å². The lowest BCUT2D eigenvalue weighted by molar-refractivity contribution is 0.100. The maximum atomic E-state index is 11.7. The lowest BCUT2D eigenvalue weighted by Crippen LogP contribution is -2.47. The van der Waals surface area contributed by atoms with Crippen LogP contribution in [0.2, 0.25) is 0 Å². The molecule has 23 heavy (non-hydrogen) atoms. The third kappa shape index (κ3) is 3.70. The molecular formula is C18H22N4O. The van der Waals surface area contributed by atoms with Gasteiger partial charge in [0, 0.05) is 31.9 Å². The normalized spacial score (nSPS) is 16.7. The van der Waals surface area contributed by atoms with Crippen LogP contribution in [0.15, 0.2) is 54.6 Å². The Bertz CT molecular complexity index is 653. The van der Waals surface area contributed by atoms with Crippen molar-refractivity contribution in [3.8, 4) is 0 Å². The van der Waals surface area contributed by atoms with Gasteiger partial charge in [-0.1, -0.05) is 42.5 Å². The molecule has 1 unspecified atom stereocenters. The van der Waals surface area contributed by atoms with E-state index < -0.39 is 5.91 Å². The average molecular weight is 310 g/mol. The first kappa shape index (κ1) is 15.5. The van der Waals surface area contributed by atoms with Crippen LogP contribution in [0.25, 0.3) is 0 Å². The van der Waals surface area contributed by atoms with Gasteiger partial charge in [0.05, 0.1) is 5.56 Å². The molecule has 5 nitrogen and oxygen atoms in total. The Morgan fingerprint density at radius 3 is 2.39 bits per heavy atom. The van der Waals surface area contributed by atoms with Crippen LogP contribution in [0, 0.1) is 0 Å². The lowest BCUT2D eigenvalue weighted by atomic mass is 10.1. The van der Waals surface area contributed by atoms with Crippen LogP contribution in [0.5, 0.6) is 0 Å². The fourth-order valence-corrected chi connectivity index (χ4v) is 2.93. The van der Waals surface area contributed by atoms with Crippen LogP contribution in [0.3, 0.4) is 0 Å². The molecule has 0 aliphatic carbocycles. The van der Waals surface area contributed by atoms with E-state index in [1.54, 1.807) is 6.07 Å². The van der Waals surface area contributed by atoms with E-state index in [4.69, 9.17) is 5.73 Å². The van der Waals surface area contributed by atoms with Crippen molar-refractivity contribution in [3.63, 3.8) is 0 Å². The van der Waals surface area contributed by atoms with E-state index >= 15 is 0 Å². The summed E-state index contributed by atoms with van der Waals surface area (Å²) >= 11 is 0. The molecule has 1 heterocycles. The predicted molar refractivity (Wildman–Crippen MR) is 92.2 cm³/mol. The highest BCUT2D eigenvalue weighted by molar-refractivity contribution is 5.98. The van der Waals surface area contributed by atoms with Crippen LogP contribution < -0.4 is 16.4 Å². The maximum absolute atomic E-state index is 11.7. The number of rotatable bonds is 5. The lowest BCUT2D eigenvalue weighted by Gasteiger charge is -2.36. The quantitative estimate of drug-likeness (QED) is 0.787. The van der Waals surface area contributed by atoms with Crippen LogP contribution in [-0.4, -0.2) is 37.0 Å². The number of piperazine rings is 1. The van der Waals surface area contributed by atoms with E-state index in [0.29, 0.717) is 5.56 Å². The van der Waals surface area contributed by atoms with Gasteiger partial charge in [0.2, 0.25) is 0 Å². The van der Waals surface area contributed by atoms with Gasteiger partial charge in [-0.25, -0.2) is 0 Å². The molecular weight excluding hydrogens is 288 g/mol. The Labute approximate surface area is 136 Å². The minimum Gasteiger partial charge on any atom is -0.366 e. The van der Waals surface area contributed by atoms with E-state index in [2.05, 4.69) is 27.7 Å². The van der Waals surface area contributed by atoms with Crippen LogP contribution >= 0.6 is 0 Å². The number of carbonyl (C=O) groups excluding carboxylic acids is 1. The average Bonchev–Trinajstić information content (AvgIpc) is 2.61. The van der Waals surface area contributed by atoms with Gasteiger partial charge in [-0.15, -0.1) is 0 Å². The Hall–Kier alpha value is -2.37. The first-order valence-electron chi connectivity index (χ1n) is 7.91. The van der Waals surface area contributed by atoms with E-state index in [0.717, 1.165) is 31.9 Å². The molecule has 0 bridgehead atoms. The second-order valence-electron chi connectivity index (χ2n) is 5.65. The molecule has 1 fully saturated rings. The largest absolute Gasteiger partial charge is 0.366 e. The number of anilines is 1. The summed E-state index contributed by atoms with van der Waals surface area (Å²) in [6.07, 6.45) is 0.0128. The number of carbonyl (C=O) groups is 1. The fourth-order valence-electron chi connectivity index (χ4n) is 2.93. The van der Waals surface area contributed by atoms with E-state index in [1.165, 1.54) is 5.56 Å². The number of nitrogens with zero attached hydrogens (tertiary/aromatic N) is 1. The molecule has 1 saturated heterocycles. The Morgan fingerprint density at radius 2 is 1.70 bits per heavy atom. The molecule has 4 N–H and O–H groups in total. The van der Waals surface area contributed by atoms with Crippen molar-refractivity contribution in [2.24, 2.45) is 5.73 Å². The fraction of sp³-hybridized carbons (Fsp3) is 0.278. The molecule has 0 aromatic heterocycles. The molecule has 1 atom stereocenters. The van der Waals surface area contributed by atoms with Crippen molar-refractivity contribution in [3.05, 3.63) is 65.7 Å². The van der Waals surface area contributed by atoms with Gasteiger partial charge in [0.1, 0.15) is 6.17 Å². The number of nitrogens with two attached hydrogens (primary N) is 1. The zero-order valence-electron chi connectivity index (χ0n) is 13.0. The van der Waals surface area contributed by atoms with E-state index in [9.17, 15) is 4.79 Å².